The lowest BCUT2D eigenvalue weighted by atomic mass is 9.82. The van der Waals surface area contributed by atoms with Crippen LogP contribution in [0.4, 0.5) is 5.82 Å². The highest BCUT2D eigenvalue weighted by Gasteiger charge is 2.34. The van der Waals surface area contributed by atoms with E-state index in [1.165, 1.54) is 6.33 Å². The summed E-state index contributed by atoms with van der Waals surface area (Å²) in [4.78, 5) is 20.8. The van der Waals surface area contributed by atoms with Crippen LogP contribution >= 0.6 is 0 Å². The number of aromatic amines is 1. The first kappa shape index (κ1) is 20.2. The normalized spacial score (nSPS) is 22.2. The summed E-state index contributed by atoms with van der Waals surface area (Å²) in [7, 11) is -0.337. The molecule has 0 unspecified atom stereocenters. The van der Waals surface area contributed by atoms with Gasteiger partial charge < -0.3 is 14.7 Å². The van der Waals surface area contributed by atoms with E-state index in [0.29, 0.717) is 17.9 Å². The van der Waals surface area contributed by atoms with Crippen LogP contribution in [0.3, 0.4) is 0 Å². The molecule has 4 heterocycles. The summed E-state index contributed by atoms with van der Waals surface area (Å²) in [5, 5.41) is 16.6. The molecule has 0 saturated carbocycles. The van der Waals surface area contributed by atoms with E-state index in [0.717, 1.165) is 69.2 Å². The number of nitrogens with zero attached hydrogens (tertiary/aromatic N) is 7. The fourth-order valence-electron chi connectivity index (χ4n) is 4.73. The molecular formula is C19H31BN8O. The molecule has 2 fully saturated rings. The van der Waals surface area contributed by atoms with Gasteiger partial charge in [0.1, 0.15) is 17.8 Å². The summed E-state index contributed by atoms with van der Waals surface area (Å²) in [6.07, 6.45) is 6.65. The summed E-state index contributed by atoms with van der Waals surface area (Å²) in [6, 6.07) is 1.13. The maximum atomic E-state index is 9.82. The van der Waals surface area contributed by atoms with Crippen molar-refractivity contribution in [2.24, 2.45) is 0 Å². The number of nitrogens with one attached hydrogen (secondary N) is 1. The van der Waals surface area contributed by atoms with Gasteiger partial charge in [0, 0.05) is 31.7 Å². The minimum atomic E-state index is -0.337. The van der Waals surface area contributed by atoms with Gasteiger partial charge in [-0.1, -0.05) is 6.92 Å². The van der Waals surface area contributed by atoms with E-state index in [2.05, 4.69) is 36.7 Å². The molecule has 10 heteroatoms. The largest absolute Gasteiger partial charge is 0.437 e. The lowest BCUT2D eigenvalue weighted by molar-refractivity contribution is 0.0774. The van der Waals surface area contributed by atoms with E-state index in [1.807, 2.05) is 13.7 Å². The van der Waals surface area contributed by atoms with Gasteiger partial charge in [0.15, 0.2) is 5.82 Å². The Morgan fingerprint density at radius 2 is 2.00 bits per heavy atom. The number of H-pyrrole nitrogens is 1. The van der Waals surface area contributed by atoms with Gasteiger partial charge in [-0.05, 0) is 46.1 Å². The number of piperidine rings is 1. The van der Waals surface area contributed by atoms with Gasteiger partial charge in [0.2, 0.25) is 0 Å². The monoisotopic (exact) mass is 398 g/mol. The molecule has 2 aromatic heterocycles. The Bertz CT molecular complexity index is 794. The van der Waals surface area contributed by atoms with E-state index in [9.17, 15) is 5.02 Å². The van der Waals surface area contributed by atoms with Gasteiger partial charge in [-0.25, -0.2) is 15.0 Å². The molecule has 0 amide bonds. The molecule has 156 valence electrons. The van der Waals surface area contributed by atoms with Crippen molar-refractivity contribution in [1.82, 2.24) is 34.9 Å². The molecule has 0 radical (unpaired) electrons. The predicted octanol–water partition coefficient (Wildman–Crippen LogP) is 1.05. The van der Waals surface area contributed by atoms with E-state index in [1.54, 1.807) is 6.20 Å². The smallest absolute Gasteiger partial charge is 0.376 e. The van der Waals surface area contributed by atoms with Crippen LogP contribution in [0.25, 0.3) is 11.5 Å². The minimum Gasteiger partial charge on any atom is -0.437 e. The Morgan fingerprint density at radius 1 is 1.21 bits per heavy atom. The second-order valence-electron chi connectivity index (χ2n) is 8.14. The second kappa shape index (κ2) is 8.77. The third kappa shape index (κ3) is 4.29. The Labute approximate surface area is 172 Å². The second-order valence-corrected chi connectivity index (χ2v) is 8.14. The topological polar surface area (TPSA) is 97.3 Å². The van der Waals surface area contributed by atoms with E-state index in [4.69, 9.17) is 9.97 Å². The quantitative estimate of drug-likeness (QED) is 0.722. The van der Waals surface area contributed by atoms with Crippen molar-refractivity contribution in [3.63, 3.8) is 0 Å². The van der Waals surface area contributed by atoms with Crippen LogP contribution in [0, 0.1) is 6.92 Å². The molecule has 2 N–H and O–H groups in total. The standard InChI is InChI=1S/C19H31BN8O/c1-4-15-12-26(9-10-28(15)16-5-7-27(8-6-16)20(3)29)19-14(2)24-17(11-21-19)18-22-13-23-25-18/h11,13,15-16,29H,4-10,12H2,1-3H3,(H,22,23,25)/t15-/m0/s1. The van der Waals surface area contributed by atoms with Gasteiger partial charge in [0.25, 0.3) is 0 Å². The van der Waals surface area contributed by atoms with Crippen LogP contribution in [0.1, 0.15) is 31.9 Å². The van der Waals surface area contributed by atoms with Gasteiger partial charge >= 0.3 is 7.05 Å². The van der Waals surface area contributed by atoms with Crippen LogP contribution in [-0.4, -0.2) is 91.7 Å². The molecule has 2 aliphatic heterocycles. The average molecular weight is 398 g/mol. The van der Waals surface area contributed by atoms with Gasteiger partial charge in [-0.15, -0.1) is 0 Å². The number of rotatable bonds is 5. The fourth-order valence-corrected chi connectivity index (χ4v) is 4.73. The molecule has 0 aliphatic carbocycles. The van der Waals surface area contributed by atoms with Crippen molar-refractivity contribution in [2.75, 3.05) is 37.6 Å². The fraction of sp³-hybridized carbons (Fsp3) is 0.684. The third-order valence-electron chi connectivity index (χ3n) is 6.37. The number of anilines is 1. The van der Waals surface area contributed by atoms with Crippen molar-refractivity contribution in [1.29, 1.82) is 0 Å². The molecule has 0 bridgehead atoms. The van der Waals surface area contributed by atoms with Crippen LogP contribution in [0.2, 0.25) is 6.82 Å². The zero-order chi connectivity index (χ0) is 20.4. The van der Waals surface area contributed by atoms with Crippen LogP contribution < -0.4 is 4.90 Å². The van der Waals surface area contributed by atoms with Gasteiger partial charge in [-0.2, -0.15) is 5.10 Å². The maximum Gasteiger partial charge on any atom is 0.376 e. The predicted molar refractivity (Wildman–Crippen MR) is 114 cm³/mol. The summed E-state index contributed by atoms with van der Waals surface area (Å²) in [5.74, 6) is 1.61. The summed E-state index contributed by atoms with van der Waals surface area (Å²) in [6.45, 7) is 11.1. The van der Waals surface area contributed by atoms with Gasteiger partial charge in [0.05, 0.1) is 11.9 Å². The molecule has 29 heavy (non-hydrogen) atoms. The van der Waals surface area contributed by atoms with E-state index < -0.39 is 0 Å². The van der Waals surface area contributed by atoms with Crippen LogP contribution in [-0.2, 0) is 0 Å². The number of hydrogen-bond acceptors (Lipinski definition) is 8. The lowest BCUT2D eigenvalue weighted by Gasteiger charge is -2.48. The molecule has 2 aliphatic rings. The van der Waals surface area contributed by atoms with Crippen molar-refractivity contribution >= 4 is 12.9 Å². The molecule has 2 saturated heterocycles. The number of aryl methyl sites for hydroxylation is 1. The first-order valence-electron chi connectivity index (χ1n) is 10.7. The summed E-state index contributed by atoms with van der Waals surface area (Å²) >= 11 is 0. The molecule has 9 nitrogen and oxygen atoms in total. The summed E-state index contributed by atoms with van der Waals surface area (Å²) < 4.78 is 0. The molecule has 0 aromatic carbocycles. The highest BCUT2D eigenvalue weighted by atomic mass is 16.2. The Morgan fingerprint density at radius 3 is 2.62 bits per heavy atom. The van der Waals surface area contributed by atoms with E-state index >= 15 is 0 Å². The Hall–Kier alpha value is -2.04. The van der Waals surface area contributed by atoms with Gasteiger partial charge in [-0.3, -0.25) is 10.00 Å². The summed E-state index contributed by atoms with van der Waals surface area (Å²) in [5.41, 5.74) is 1.65. The zero-order valence-electron chi connectivity index (χ0n) is 17.6. The lowest BCUT2D eigenvalue weighted by Crippen LogP contribution is -2.59. The zero-order valence-corrected chi connectivity index (χ0v) is 17.6. The first-order valence-corrected chi connectivity index (χ1v) is 10.7. The highest BCUT2D eigenvalue weighted by Crippen LogP contribution is 2.27. The first-order chi connectivity index (χ1) is 14.1. The minimum absolute atomic E-state index is 0.337. The van der Waals surface area contributed by atoms with Crippen molar-refractivity contribution in [3.05, 3.63) is 18.2 Å². The molecule has 1 atom stereocenters. The van der Waals surface area contributed by atoms with Crippen LogP contribution in [0.15, 0.2) is 12.5 Å². The SMILES string of the molecule is CC[C@H]1CN(c2ncc(-c3ncn[nH]3)nc2C)CCN1C1CCN(B(C)O)CC1. The van der Waals surface area contributed by atoms with E-state index in [-0.39, 0.29) is 7.05 Å². The third-order valence-corrected chi connectivity index (χ3v) is 6.37. The Kier molecular flexibility index (Phi) is 6.12. The molecule has 4 rings (SSSR count). The number of piperazine rings is 1. The molecule has 2 aromatic rings. The average Bonchev–Trinajstić information content (AvgIpc) is 3.28. The number of aromatic nitrogens is 5. The molecular weight excluding hydrogens is 367 g/mol. The van der Waals surface area contributed by atoms with Crippen molar-refractivity contribution in [2.45, 2.75) is 52.0 Å². The highest BCUT2D eigenvalue weighted by molar-refractivity contribution is 6.45. The maximum absolute atomic E-state index is 9.82. The molecule has 0 spiro atoms. The van der Waals surface area contributed by atoms with Crippen molar-refractivity contribution < 1.29 is 5.02 Å². The Balaban J connectivity index is 1.42. The number of hydrogen-bond donors (Lipinski definition) is 2. The van der Waals surface area contributed by atoms with Crippen LogP contribution in [0.5, 0.6) is 0 Å². The van der Waals surface area contributed by atoms with Crippen molar-refractivity contribution in [3.8, 4) is 11.5 Å².